The minimum absolute atomic E-state index is 0.179. The number of hydrogen-bond acceptors (Lipinski definition) is 5. The van der Waals surface area contributed by atoms with Crippen molar-refractivity contribution in [3.05, 3.63) is 12.7 Å². The van der Waals surface area contributed by atoms with Crippen LogP contribution in [0, 0.1) is 17.3 Å². The van der Waals surface area contributed by atoms with Crippen LogP contribution in [0.25, 0.3) is 0 Å². The number of cyclic esters (lactones) is 1. The molecule has 1 aliphatic rings. The Bertz CT molecular complexity index is 512. The molecule has 0 spiro atoms. The molecule has 0 aromatic heterocycles. The van der Waals surface area contributed by atoms with Gasteiger partial charge in [-0.1, -0.05) is 26.8 Å². The summed E-state index contributed by atoms with van der Waals surface area (Å²) < 4.78 is 10.4. The van der Waals surface area contributed by atoms with E-state index in [0.717, 1.165) is 4.90 Å². The summed E-state index contributed by atoms with van der Waals surface area (Å²) >= 11 is 0. The lowest BCUT2D eigenvalue weighted by molar-refractivity contribution is -0.169. The Balaban J connectivity index is 3.18. The van der Waals surface area contributed by atoms with Crippen LogP contribution in [0.1, 0.15) is 48.0 Å². The van der Waals surface area contributed by atoms with E-state index in [0.29, 0.717) is 0 Å². The van der Waals surface area contributed by atoms with Crippen LogP contribution in [0.4, 0.5) is 4.79 Å². The maximum atomic E-state index is 12.9. The molecule has 2 atom stereocenters. The van der Waals surface area contributed by atoms with Crippen molar-refractivity contribution in [3.63, 3.8) is 0 Å². The van der Waals surface area contributed by atoms with Gasteiger partial charge in [-0.05, 0) is 32.6 Å². The SMILES string of the molecule is C=CC[C@H](C(=O)N1CCOC1=O)[C@@H](C(=O)OC(C)(C)C)C(C)(C)C. The molecule has 0 N–H and O–H groups in total. The Kier molecular flexibility index (Phi) is 6.20. The number of carbonyl (C=O) groups is 3. The third kappa shape index (κ3) is 5.08. The van der Waals surface area contributed by atoms with Gasteiger partial charge in [-0.15, -0.1) is 6.58 Å². The standard InChI is InChI=1S/C18H29NO5/c1-8-9-12(14(20)19-10-11-23-16(19)22)13(17(2,3)4)15(21)24-18(5,6)7/h8,12-13H,1,9-11H2,2-7H3/t12-,13-/m0/s1. The Hall–Kier alpha value is -1.85. The fourth-order valence-corrected chi connectivity index (χ4v) is 2.84. The molecular formula is C18H29NO5. The van der Waals surface area contributed by atoms with Gasteiger partial charge >= 0.3 is 12.1 Å². The summed E-state index contributed by atoms with van der Waals surface area (Å²) in [5.74, 6) is -2.27. The molecule has 1 aliphatic heterocycles. The Labute approximate surface area is 144 Å². The second-order valence-electron chi connectivity index (χ2n) is 8.11. The number of carbonyl (C=O) groups excluding carboxylic acids is 3. The third-order valence-corrected chi connectivity index (χ3v) is 3.76. The van der Waals surface area contributed by atoms with Crippen molar-refractivity contribution in [2.45, 2.75) is 53.6 Å². The summed E-state index contributed by atoms with van der Waals surface area (Å²) in [6, 6.07) is 0. The summed E-state index contributed by atoms with van der Waals surface area (Å²) in [5, 5.41) is 0. The maximum Gasteiger partial charge on any atom is 0.416 e. The Morgan fingerprint density at radius 2 is 1.88 bits per heavy atom. The average Bonchev–Trinajstić information content (AvgIpc) is 2.79. The van der Waals surface area contributed by atoms with Gasteiger partial charge < -0.3 is 9.47 Å². The number of nitrogens with zero attached hydrogens (tertiary/aromatic N) is 1. The molecule has 0 saturated carbocycles. The summed E-state index contributed by atoms with van der Waals surface area (Å²) in [7, 11) is 0. The maximum absolute atomic E-state index is 12.9. The second-order valence-corrected chi connectivity index (χ2v) is 8.11. The van der Waals surface area contributed by atoms with Crippen molar-refractivity contribution >= 4 is 18.0 Å². The van der Waals surface area contributed by atoms with Gasteiger partial charge in [0.25, 0.3) is 0 Å². The monoisotopic (exact) mass is 339 g/mol. The third-order valence-electron chi connectivity index (χ3n) is 3.76. The van der Waals surface area contributed by atoms with Crippen molar-refractivity contribution in [2.75, 3.05) is 13.2 Å². The zero-order valence-corrected chi connectivity index (χ0v) is 15.5. The van der Waals surface area contributed by atoms with Crippen LogP contribution < -0.4 is 0 Å². The van der Waals surface area contributed by atoms with E-state index >= 15 is 0 Å². The van der Waals surface area contributed by atoms with Gasteiger partial charge in [0, 0.05) is 0 Å². The first-order valence-electron chi connectivity index (χ1n) is 8.20. The molecule has 0 unspecified atom stereocenters. The van der Waals surface area contributed by atoms with E-state index in [9.17, 15) is 14.4 Å². The molecule has 24 heavy (non-hydrogen) atoms. The van der Waals surface area contributed by atoms with E-state index in [4.69, 9.17) is 9.47 Å². The van der Waals surface area contributed by atoms with Gasteiger partial charge in [-0.2, -0.15) is 0 Å². The van der Waals surface area contributed by atoms with Gasteiger partial charge in [0.2, 0.25) is 5.91 Å². The van der Waals surface area contributed by atoms with Gasteiger partial charge in [0.05, 0.1) is 18.4 Å². The summed E-state index contributed by atoms with van der Waals surface area (Å²) in [6.45, 7) is 15.1. The lowest BCUT2D eigenvalue weighted by Crippen LogP contribution is -2.47. The number of hydrogen-bond donors (Lipinski definition) is 0. The second kappa shape index (κ2) is 7.36. The highest BCUT2D eigenvalue weighted by molar-refractivity contribution is 5.96. The van der Waals surface area contributed by atoms with E-state index in [1.807, 2.05) is 20.8 Å². The molecule has 0 bridgehead atoms. The highest BCUT2D eigenvalue weighted by Gasteiger charge is 2.46. The van der Waals surface area contributed by atoms with Gasteiger partial charge in [0.1, 0.15) is 12.2 Å². The zero-order chi connectivity index (χ0) is 18.7. The first kappa shape index (κ1) is 20.2. The molecule has 1 heterocycles. The molecule has 1 saturated heterocycles. The number of allylic oxidation sites excluding steroid dienone is 1. The highest BCUT2D eigenvalue weighted by atomic mass is 16.6. The molecule has 1 rings (SSSR count). The first-order chi connectivity index (χ1) is 10.9. The average molecular weight is 339 g/mol. The number of imide groups is 1. The normalized spacial score (nSPS) is 17.9. The van der Waals surface area contributed by atoms with Crippen molar-refractivity contribution in [1.29, 1.82) is 0 Å². The molecular weight excluding hydrogens is 310 g/mol. The van der Waals surface area contributed by atoms with Crippen LogP contribution >= 0.6 is 0 Å². The van der Waals surface area contributed by atoms with E-state index in [1.54, 1.807) is 26.8 Å². The molecule has 1 fully saturated rings. The molecule has 136 valence electrons. The summed E-state index contributed by atoms with van der Waals surface area (Å²) in [5.41, 5.74) is -1.18. The van der Waals surface area contributed by atoms with Crippen molar-refractivity contribution < 1.29 is 23.9 Å². The highest BCUT2D eigenvalue weighted by Crippen LogP contribution is 2.37. The minimum atomic E-state index is -0.719. The molecule has 2 amide bonds. The smallest absolute Gasteiger partial charge is 0.416 e. The predicted molar refractivity (Wildman–Crippen MR) is 90.2 cm³/mol. The lowest BCUT2D eigenvalue weighted by atomic mass is 9.71. The van der Waals surface area contributed by atoms with Crippen LogP contribution in [0.5, 0.6) is 0 Å². The van der Waals surface area contributed by atoms with Gasteiger partial charge in [-0.3, -0.25) is 9.59 Å². The van der Waals surface area contributed by atoms with Crippen molar-refractivity contribution in [1.82, 2.24) is 4.90 Å². The molecule has 0 aliphatic carbocycles. The fraction of sp³-hybridized carbons (Fsp3) is 0.722. The van der Waals surface area contributed by atoms with Crippen molar-refractivity contribution in [2.24, 2.45) is 17.3 Å². The van der Waals surface area contributed by atoms with E-state index in [1.165, 1.54) is 0 Å². The summed E-state index contributed by atoms with van der Waals surface area (Å²) in [4.78, 5) is 38.5. The van der Waals surface area contributed by atoms with Crippen LogP contribution in [-0.2, 0) is 19.1 Å². The number of esters is 1. The van der Waals surface area contributed by atoms with E-state index in [-0.39, 0.29) is 19.6 Å². The molecule has 0 aromatic rings. The molecule has 6 nitrogen and oxygen atoms in total. The van der Waals surface area contributed by atoms with E-state index in [2.05, 4.69) is 6.58 Å². The number of amides is 2. The first-order valence-corrected chi connectivity index (χ1v) is 8.20. The fourth-order valence-electron chi connectivity index (χ4n) is 2.84. The zero-order valence-electron chi connectivity index (χ0n) is 15.5. The number of ether oxygens (including phenoxy) is 2. The molecule has 0 aromatic carbocycles. The van der Waals surface area contributed by atoms with Gasteiger partial charge in [-0.25, -0.2) is 9.69 Å². The van der Waals surface area contributed by atoms with Gasteiger partial charge in [0.15, 0.2) is 0 Å². The van der Waals surface area contributed by atoms with Crippen LogP contribution in [0.15, 0.2) is 12.7 Å². The van der Waals surface area contributed by atoms with Crippen molar-refractivity contribution in [3.8, 4) is 0 Å². The number of rotatable bonds is 5. The van der Waals surface area contributed by atoms with Crippen LogP contribution in [-0.4, -0.2) is 41.6 Å². The quantitative estimate of drug-likeness (QED) is 0.568. The minimum Gasteiger partial charge on any atom is -0.460 e. The molecule has 6 heteroatoms. The predicted octanol–water partition coefficient (Wildman–Crippen LogP) is 3.16. The Morgan fingerprint density at radius 1 is 1.29 bits per heavy atom. The van der Waals surface area contributed by atoms with Crippen LogP contribution in [0.3, 0.4) is 0 Å². The lowest BCUT2D eigenvalue weighted by Gasteiger charge is -2.36. The molecule has 0 radical (unpaired) electrons. The largest absolute Gasteiger partial charge is 0.460 e. The Morgan fingerprint density at radius 3 is 2.25 bits per heavy atom. The summed E-state index contributed by atoms with van der Waals surface area (Å²) in [6.07, 6.45) is 1.21. The topological polar surface area (TPSA) is 72.9 Å². The van der Waals surface area contributed by atoms with E-state index < -0.39 is 40.8 Å². The van der Waals surface area contributed by atoms with Crippen LogP contribution in [0.2, 0.25) is 0 Å².